The van der Waals surface area contributed by atoms with E-state index in [1.807, 2.05) is 13.8 Å². The van der Waals surface area contributed by atoms with Crippen LogP contribution in [0, 0.1) is 26.3 Å². The first-order valence-electron chi connectivity index (χ1n) is 3.98. The first-order chi connectivity index (χ1) is 6.61. The van der Waals surface area contributed by atoms with E-state index in [0.29, 0.717) is 0 Å². The van der Waals surface area contributed by atoms with Crippen molar-refractivity contribution >= 4 is 6.21 Å². The first kappa shape index (κ1) is 12.2. The van der Waals surface area contributed by atoms with Gasteiger partial charge in [0.05, 0.1) is 11.1 Å². The second kappa shape index (κ2) is 5.79. The Bertz CT molecular complexity index is 285. The van der Waals surface area contributed by atoms with Gasteiger partial charge in [0.25, 0.3) is 5.70 Å². The zero-order chi connectivity index (χ0) is 11.1. The quantitative estimate of drug-likeness (QED) is 0.497. The molecule has 1 rings (SSSR count). The van der Waals surface area contributed by atoms with Gasteiger partial charge in [-0.15, -0.1) is 0 Å². The Labute approximate surface area is 80.4 Å². The molecular weight excluding hydrogens is 190 g/mol. The lowest BCUT2D eigenvalue weighted by atomic mass is 10.1. The largest absolute Gasteiger partial charge is 0.341 e. The molecule has 0 aromatic rings. The Kier molecular flexibility index (Phi) is 5.05. The molecule has 1 radical (unpaired) electrons. The predicted octanol–water partition coefficient (Wildman–Crippen LogP) is 1.41. The molecule has 0 bridgehead atoms. The van der Waals surface area contributed by atoms with E-state index in [1.54, 1.807) is 0 Å². The topological polar surface area (TPSA) is 98.6 Å². The first-order valence-corrected chi connectivity index (χ1v) is 3.98. The third kappa shape index (κ3) is 3.30. The Morgan fingerprint density at radius 1 is 1.29 bits per heavy atom. The molecular formula is C7H10N3O4. The van der Waals surface area contributed by atoms with Crippen LogP contribution >= 0.6 is 0 Å². The van der Waals surface area contributed by atoms with Crippen LogP contribution in [0.2, 0.25) is 0 Å². The van der Waals surface area contributed by atoms with Crippen LogP contribution in [0.3, 0.4) is 0 Å². The Balaban J connectivity index is 0.000000791. The Hall–Kier alpha value is -1.79. The third-order valence-corrected chi connectivity index (χ3v) is 1.28. The maximum atomic E-state index is 10.1. The van der Waals surface area contributed by atoms with E-state index < -0.39 is 9.85 Å². The number of aliphatic imine (C=N–C) groups is 1. The minimum absolute atomic E-state index is 0.260. The summed E-state index contributed by atoms with van der Waals surface area (Å²) in [6.45, 7) is 4.00. The van der Waals surface area contributed by atoms with Crippen molar-refractivity contribution in [2.24, 2.45) is 4.99 Å². The van der Waals surface area contributed by atoms with E-state index in [2.05, 4.69) is 4.99 Å². The zero-order valence-corrected chi connectivity index (χ0v) is 7.84. The molecule has 77 valence electrons. The molecule has 1 aliphatic heterocycles. The monoisotopic (exact) mass is 200 g/mol. The van der Waals surface area contributed by atoms with Crippen molar-refractivity contribution in [2.45, 2.75) is 20.3 Å². The van der Waals surface area contributed by atoms with Gasteiger partial charge in [-0.3, -0.25) is 25.2 Å². The highest BCUT2D eigenvalue weighted by Crippen LogP contribution is 2.17. The summed E-state index contributed by atoms with van der Waals surface area (Å²) < 4.78 is 0. The molecule has 0 aromatic heterocycles. The number of nitro groups is 2. The smallest absolute Gasteiger partial charge is 0.263 e. The highest BCUT2D eigenvalue weighted by Gasteiger charge is 2.30. The molecule has 1 aliphatic rings. The summed E-state index contributed by atoms with van der Waals surface area (Å²) in [5.41, 5.74) is -0.260. The normalized spacial score (nSPS) is 15.1. The van der Waals surface area contributed by atoms with Gasteiger partial charge in [0.2, 0.25) is 0 Å². The van der Waals surface area contributed by atoms with Gasteiger partial charge < -0.3 is 0 Å². The van der Waals surface area contributed by atoms with Crippen LogP contribution in [-0.4, -0.2) is 16.1 Å². The fraction of sp³-hybridized carbons (Fsp3) is 0.429. The summed E-state index contributed by atoms with van der Waals surface area (Å²) in [7, 11) is 0. The average Bonchev–Trinajstić information content (AvgIpc) is 2.21. The van der Waals surface area contributed by atoms with Crippen molar-refractivity contribution in [3.63, 3.8) is 0 Å². The van der Waals surface area contributed by atoms with Crippen LogP contribution in [-0.2, 0) is 0 Å². The molecule has 0 fully saturated rings. The van der Waals surface area contributed by atoms with Gasteiger partial charge in [0.1, 0.15) is 12.6 Å². The molecule has 0 unspecified atom stereocenters. The van der Waals surface area contributed by atoms with E-state index in [9.17, 15) is 20.2 Å². The summed E-state index contributed by atoms with van der Waals surface area (Å²) in [5, 5.41) is 20.3. The maximum absolute atomic E-state index is 10.1. The molecule has 0 aromatic carbocycles. The van der Waals surface area contributed by atoms with Crippen molar-refractivity contribution in [2.75, 3.05) is 0 Å². The van der Waals surface area contributed by atoms with Crippen molar-refractivity contribution in [1.82, 2.24) is 0 Å². The third-order valence-electron chi connectivity index (χ3n) is 1.28. The van der Waals surface area contributed by atoms with E-state index in [0.717, 1.165) is 12.4 Å². The lowest BCUT2D eigenvalue weighted by molar-refractivity contribution is -0.467. The Morgan fingerprint density at radius 2 is 1.86 bits per heavy atom. The van der Waals surface area contributed by atoms with Crippen molar-refractivity contribution in [1.29, 1.82) is 0 Å². The molecule has 0 N–H and O–H groups in total. The second-order valence-corrected chi connectivity index (χ2v) is 2.08. The van der Waals surface area contributed by atoms with E-state index in [1.165, 1.54) is 0 Å². The molecule has 0 atom stereocenters. The van der Waals surface area contributed by atoms with Crippen LogP contribution in [0.5, 0.6) is 0 Å². The fourth-order valence-electron chi connectivity index (χ4n) is 0.710. The van der Waals surface area contributed by atoms with Gasteiger partial charge in [-0.1, -0.05) is 13.8 Å². The van der Waals surface area contributed by atoms with Gasteiger partial charge in [0.15, 0.2) is 0 Å². The van der Waals surface area contributed by atoms with Gasteiger partial charge >= 0.3 is 6.04 Å². The lowest BCUT2D eigenvalue weighted by Crippen LogP contribution is -2.17. The predicted molar refractivity (Wildman–Crippen MR) is 49.8 cm³/mol. The molecule has 7 nitrogen and oxygen atoms in total. The zero-order valence-electron chi connectivity index (χ0n) is 7.84. The summed E-state index contributed by atoms with van der Waals surface area (Å²) in [6, 6.07) is -0.260. The SMILES string of the molecule is CC.O=[N+]([O-])[C]1C=NC=C([N+](=O)[O-])C1. The van der Waals surface area contributed by atoms with Crippen molar-refractivity contribution < 1.29 is 9.85 Å². The highest BCUT2D eigenvalue weighted by atomic mass is 16.6. The van der Waals surface area contributed by atoms with Gasteiger partial charge in [-0.2, -0.15) is 0 Å². The lowest BCUT2D eigenvalue weighted by Gasteiger charge is -2.02. The number of hydrogen-bond donors (Lipinski definition) is 0. The molecule has 0 spiro atoms. The molecule has 0 aliphatic carbocycles. The standard InChI is InChI=1S/C5H4N3O4.C2H6/c9-7(10)4-1-5(8(11)12)3-6-2-4;1-2/h2-3H,1H2;1-2H3. The number of nitrogens with zero attached hydrogens (tertiary/aromatic N) is 3. The van der Waals surface area contributed by atoms with Crippen molar-refractivity contribution in [3.8, 4) is 0 Å². The number of rotatable bonds is 2. The van der Waals surface area contributed by atoms with Gasteiger partial charge in [-0.25, -0.2) is 0 Å². The van der Waals surface area contributed by atoms with Gasteiger partial charge in [0, 0.05) is 4.92 Å². The average molecular weight is 200 g/mol. The van der Waals surface area contributed by atoms with Crippen LogP contribution in [0.15, 0.2) is 16.9 Å². The number of hydrogen-bond acceptors (Lipinski definition) is 5. The molecule has 0 saturated carbocycles. The summed E-state index contributed by atoms with van der Waals surface area (Å²) >= 11 is 0. The van der Waals surface area contributed by atoms with Crippen LogP contribution in [0.1, 0.15) is 20.3 Å². The van der Waals surface area contributed by atoms with Crippen molar-refractivity contribution in [3.05, 3.63) is 38.2 Å². The maximum Gasteiger partial charge on any atom is 0.341 e. The molecule has 14 heavy (non-hydrogen) atoms. The van der Waals surface area contributed by atoms with E-state index >= 15 is 0 Å². The molecule has 0 saturated heterocycles. The molecule has 0 amide bonds. The molecule has 1 heterocycles. The molecule has 7 heteroatoms. The summed E-state index contributed by atoms with van der Waals surface area (Å²) in [5.74, 6) is 0. The highest BCUT2D eigenvalue weighted by molar-refractivity contribution is 5.73. The van der Waals surface area contributed by atoms with E-state index in [4.69, 9.17) is 0 Å². The van der Waals surface area contributed by atoms with Crippen LogP contribution in [0.25, 0.3) is 0 Å². The fourth-order valence-corrected chi connectivity index (χ4v) is 0.710. The Morgan fingerprint density at radius 3 is 2.29 bits per heavy atom. The minimum Gasteiger partial charge on any atom is -0.263 e. The van der Waals surface area contributed by atoms with Crippen LogP contribution in [0.4, 0.5) is 0 Å². The van der Waals surface area contributed by atoms with E-state index in [-0.39, 0.29) is 18.2 Å². The summed E-state index contributed by atoms with van der Waals surface area (Å²) in [4.78, 5) is 22.3. The van der Waals surface area contributed by atoms with Crippen LogP contribution < -0.4 is 0 Å². The summed E-state index contributed by atoms with van der Waals surface area (Å²) in [6.07, 6.45) is 1.74. The van der Waals surface area contributed by atoms with Gasteiger partial charge in [-0.05, 0) is 0 Å². The second-order valence-electron chi connectivity index (χ2n) is 2.08. The minimum atomic E-state index is -0.681.